The van der Waals surface area contributed by atoms with E-state index in [0.29, 0.717) is 18.2 Å². The van der Waals surface area contributed by atoms with Crippen molar-refractivity contribution in [3.63, 3.8) is 0 Å². The van der Waals surface area contributed by atoms with E-state index in [2.05, 4.69) is 25.4 Å². The van der Waals surface area contributed by atoms with Gasteiger partial charge in [0.1, 0.15) is 5.82 Å². The number of nitrogens with zero attached hydrogens (tertiary/aromatic N) is 3. The van der Waals surface area contributed by atoms with Crippen molar-refractivity contribution in [1.29, 1.82) is 0 Å². The SMILES string of the molecule is CN=C(NCCCN1CCN(c2ccccc2F)CC1)NCCC(F)(F)F. The lowest BCUT2D eigenvalue weighted by Gasteiger charge is -2.36. The number of rotatable bonds is 7. The molecular weight excluding hydrogens is 362 g/mol. The van der Waals surface area contributed by atoms with E-state index in [1.807, 2.05) is 6.07 Å². The molecule has 1 aliphatic rings. The molecule has 1 heterocycles. The second-order valence-corrected chi connectivity index (χ2v) is 6.42. The molecule has 0 atom stereocenters. The van der Waals surface area contributed by atoms with Crippen molar-refractivity contribution in [2.45, 2.75) is 19.0 Å². The minimum Gasteiger partial charge on any atom is -0.367 e. The number of hydrogen-bond donors (Lipinski definition) is 2. The first-order chi connectivity index (χ1) is 12.9. The van der Waals surface area contributed by atoms with Crippen molar-refractivity contribution in [3.8, 4) is 0 Å². The molecule has 0 amide bonds. The number of para-hydroxylation sites is 1. The Balaban J connectivity index is 1.61. The van der Waals surface area contributed by atoms with Crippen LogP contribution in [0.3, 0.4) is 0 Å². The zero-order valence-electron chi connectivity index (χ0n) is 15.5. The maximum Gasteiger partial charge on any atom is 0.390 e. The second kappa shape index (κ2) is 10.3. The number of guanidine groups is 1. The first-order valence-corrected chi connectivity index (χ1v) is 9.12. The number of alkyl halides is 3. The molecule has 1 aromatic carbocycles. The molecular formula is C18H27F4N5. The average Bonchev–Trinajstić information content (AvgIpc) is 2.64. The summed E-state index contributed by atoms with van der Waals surface area (Å²) in [7, 11) is 1.53. The predicted octanol–water partition coefficient (Wildman–Crippen LogP) is 2.46. The van der Waals surface area contributed by atoms with Crippen LogP contribution in [0.5, 0.6) is 0 Å². The summed E-state index contributed by atoms with van der Waals surface area (Å²) in [5.74, 6) is 0.183. The topological polar surface area (TPSA) is 42.9 Å². The number of hydrogen-bond acceptors (Lipinski definition) is 3. The molecule has 1 fully saturated rings. The van der Waals surface area contributed by atoms with E-state index >= 15 is 0 Å². The third kappa shape index (κ3) is 7.62. The Hall–Kier alpha value is -2.03. The third-order valence-electron chi connectivity index (χ3n) is 4.43. The van der Waals surface area contributed by atoms with Gasteiger partial charge in [0, 0.05) is 46.3 Å². The van der Waals surface area contributed by atoms with Crippen molar-refractivity contribution in [1.82, 2.24) is 15.5 Å². The van der Waals surface area contributed by atoms with E-state index < -0.39 is 12.6 Å². The van der Waals surface area contributed by atoms with Crippen LogP contribution in [0.4, 0.5) is 23.2 Å². The van der Waals surface area contributed by atoms with E-state index in [9.17, 15) is 17.6 Å². The molecule has 0 saturated carbocycles. The Kier molecular flexibility index (Phi) is 8.15. The minimum absolute atomic E-state index is 0.193. The van der Waals surface area contributed by atoms with Crippen molar-refractivity contribution in [2.24, 2.45) is 4.99 Å². The number of aliphatic imine (C=N–C) groups is 1. The van der Waals surface area contributed by atoms with Gasteiger partial charge in [-0.15, -0.1) is 0 Å². The number of benzene rings is 1. The molecule has 0 radical (unpaired) electrons. The van der Waals surface area contributed by atoms with Crippen molar-refractivity contribution in [2.75, 3.05) is 57.8 Å². The minimum atomic E-state index is -4.17. The van der Waals surface area contributed by atoms with Gasteiger partial charge in [-0.3, -0.25) is 9.89 Å². The summed E-state index contributed by atoms with van der Waals surface area (Å²) in [6.07, 6.45) is -4.21. The van der Waals surface area contributed by atoms with Crippen molar-refractivity contribution < 1.29 is 17.6 Å². The molecule has 1 aliphatic heterocycles. The smallest absolute Gasteiger partial charge is 0.367 e. The summed E-state index contributed by atoms with van der Waals surface area (Å²) in [5.41, 5.74) is 0.646. The Labute approximate surface area is 157 Å². The summed E-state index contributed by atoms with van der Waals surface area (Å²) < 4.78 is 50.3. The van der Waals surface area contributed by atoms with E-state index in [4.69, 9.17) is 0 Å². The van der Waals surface area contributed by atoms with Gasteiger partial charge >= 0.3 is 6.18 Å². The van der Waals surface area contributed by atoms with Gasteiger partial charge in [-0.05, 0) is 25.1 Å². The lowest BCUT2D eigenvalue weighted by atomic mass is 10.2. The molecule has 0 aromatic heterocycles. The van der Waals surface area contributed by atoms with Gasteiger partial charge in [-0.1, -0.05) is 12.1 Å². The molecule has 1 aromatic rings. The van der Waals surface area contributed by atoms with Crippen LogP contribution in [0.25, 0.3) is 0 Å². The second-order valence-electron chi connectivity index (χ2n) is 6.42. The van der Waals surface area contributed by atoms with Gasteiger partial charge < -0.3 is 15.5 Å². The molecule has 0 unspecified atom stereocenters. The normalized spacial score (nSPS) is 16.5. The lowest BCUT2D eigenvalue weighted by Crippen LogP contribution is -2.47. The predicted molar refractivity (Wildman–Crippen MR) is 99.7 cm³/mol. The highest BCUT2D eigenvalue weighted by Gasteiger charge is 2.26. The van der Waals surface area contributed by atoms with Crippen molar-refractivity contribution in [3.05, 3.63) is 30.1 Å². The lowest BCUT2D eigenvalue weighted by molar-refractivity contribution is -0.132. The first kappa shape index (κ1) is 21.3. The van der Waals surface area contributed by atoms with Crippen LogP contribution in [0.2, 0.25) is 0 Å². The molecule has 0 spiro atoms. The molecule has 0 aliphatic carbocycles. The molecule has 2 rings (SSSR count). The van der Waals surface area contributed by atoms with Crippen molar-refractivity contribution >= 4 is 11.6 Å². The Bertz CT molecular complexity index is 598. The summed E-state index contributed by atoms with van der Waals surface area (Å²) >= 11 is 0. The van der Waals surface area contributed by atoms with Gasteiger partial charge in [0.15, 0.2) is 5.96 Å². The Morgan fingerprint density at radius 1 is 1.07 bits per heavy atom. The van der Waals surface area contributed by atoms with E-state index in [1.165, 1.54) is 13.1 Å². The molecule has 9 heteroatoms. The van der Waals surface area contributed by atoms with Crippen LogP contribution < -0.4 is 15.5 Å². The van der Waals surface area contributed by atoms with E-state index in [1.54, 1.807) is 12.1 Å². The highest BCUT2D eigenvalue weighted by molar-refractivity contribution is 5.79. The average molecular weight is 389 g/mol. The number of anilines is 1. The zero-order chi connectivity index (χ0) is 19.7. The standard InChI is InChI=1S/C18H27F4N5/c1-23-17(25-9-7-18(20,21)22)24-8-4-10-26-11-13-27(14-12-26)16-6-3-2-5-15(16)19/h2-3,5-6H,4,7-14H2,1H3,(H2,23,24,25). The summed E-state index contributed by atoms with van der Waals surface area (Å²) in [6, 6.07) is 6.80. The number of halogens is 4. The fraction of sp³-hybridized carbons (Fsp3) is 0.611. The maximum atomic E-state index is 13.8. The third-order valence-corrected chi connectivity index (χ3v) is 4.43. The molecule has 5 nitrogen and oxygen atoms in total. The van der Waals surface area contributed by atoms with Crippen LogP contribution in [0.1, 0.15) is 12.8 Å². The highest BCUT2D eigenvalue weighted by Crippen LogP contribution is 2.20. The largest absolute Gasteiger partial charge is 0.390 e. The van der Waals surface area contributed by atoms with Crippen LogP contribution in [-0.2, 0) is 0 Å². The Morgan fingerprint density at radius 2 is 1.74 bits per heavy atom. The molecule has 0 bridgehead atoms. The van der Waals surface area contributed by atoms with Gasteiger partial charge in [0.05, 0.1) is 12.1 Å². The quantitative estimate of drug-likeness (QED) is 0.325. The van der Waals surface area contributed by atoms with Gasteiger partial charge in [0.25, 0.3) is 0 Å². The molecule has 2 N–H and O–H groups in total. The van der Waals surface area contributed by atoms with Crippen LogP contribution in [0, 0.1) is 5.82 Å². The fourth-order valence-corrected chi connectivity index (χ4v) is 2.97. The van der Waals surface area contributed by atoms with Crippen LogP contribution in [-0.4, -0.2) is 69.9 Å². The Morgan fingerprint density at radius 3 is 2.37 bits per heavy atom. The van der Waals surface area contributed by atoms with Gasteiger partial charge in [0.2, 0.25) is 0 Å². The first-order valence-electron chi connectivity index (χ1n) is 9.12. The number of nitrogens with one attached hydrogen (secondary N) is 2. The zero-order valence-corrected chi connectivity index (χ0v) is 15.5. The van der Waals surface area contributed by atoms with Crippen LogP contribution in [0.15, 0.2) is 29.3 Å². The fourth-order valence-electron chi connectivity index (χ4n) is 2.97. The summed E-state index contributed by atoms with van der Waals surface area (Å²) in [6.45, 7) is 4.56. The summed E-state index contributed by atoms with van der Waals surface area (Å²) in [4.78, 5) is 8.27. The van der Waals surface area contributed by atoms with Crippen LogP contribution >= 0.6 is 0 Å². The number of piperazine rings is 1. The van der Waals surface area contributed by atoms with Gasteiger partial charge in [-0.25, -0.2) is 4.39 Å². The van der Waals surface area contributed by atoms with E-state index in [-0.39, 0.29) is 12.4 Å². The maximum absolute atomic E-state index is 13.8. The van der Waals surface area contributed by atoms with E-state index in [0.717, 1.165) is 39.1 Å². The summed E-state index contributed by atoms with van der Waals surface area (Å²) in [5, 5.41) is 5.68. The molecule has 152 valence electrons. The van der Waals surface area contributed by atoms with Gasteiger partial charge in [-0.2, -0.15) is 13.2 Å². The molecule has 27 heavy (non-hydrogen) atoms. The monoisotopic (exact) mass is 389 g/mol. The molecule has 1 saturated heterocycles. The highest BCUT2D eigenvalue weighted by atomic mass is 19.4.